The van der Waals surface area contributed by atoms with Crippen molar-refractivity contribution >= 4 is 17.4 Å². The van der Waals surface area contributed by atoms with Crippen LogP contribution in [-0.4, -0.2) is 19.6 Å². The van der Waals surface area contributed by atoms with E-state index in [0.29, 0.717) is 11.3 Å². The van der Waals surface area contributed by atoms with Crippen LogP contribution in [0, 0.1) is 11.3 Å². The van der Waals surface area contributed by atoms with Crippen LogP contribution in [0.15, 0.2) is 55.4 Å². The second kappa shape index (κ2) is 6.16. The zero-order valence-electron chi connectivity index (χ0n) is 11.2. The van der Waals surface area contributed by atoms with Gasteiger partial charge in [0.05, 0.1) is 6.20 Å². The molecular formula is C14H13N7. The number of nitrogens with zero attached hydrogens (tertiary/aromatic N) is 5. The molecule has 2 aromatic rings. The van der Waals surface area contributed by atoms with E-state index in [1.807, 2.05) is 6.07 Å². The van der Waals surface area contributed by atoms with Crippen LogP contribution >= 0.6 is 0 Å². The molecule has 0 saturated heterocycles. The number of nitrogen functional groups attached to an aromatic ring is 1. The van der Waals surface area contributed by atoms with Crippen molar-refractivity contribution in [2.75, 3.05) is 11.1 Å². The van der Waals surface area contributed by atoms with Crippen molar-refractivity contribution in [3.63, 3.8) is 0 Å². The van der Waals surface area contributed by atoms with E-state index >= 15 is 0 Å². The Hall–Kier alpha value is -3.40. The highest BCUT2D eigenvalue weighted by Gasteiger charge is 2.10. The number of anilines is 2. The van der Waals surface area contributed by atoms with Gasteiger partial charge in [-0.25, -0.2) is 4.98 Å². The number of allylic oxidation sites excluding steroid dienone is 5. The summed E-state index contributed by atoms with van der Waals surface area (Å²) in [4.78, 5) is 8.11. The molecule has 2 rings (SSSR count). The van der Waals surface area contributed by atoms with Crippen molar-refractivity contribution in [2.24, 2.45) is 0 Å². The summed E-state index contributed by atoms with van der Waals surface area (Å²) >= 11 is 0. The first-order valence-corrected chi connectivity index (χ1v) is 5.99. The van der Waals surface area contributed by atoms with Crippen molar-refractivity contribution in [3.05, 3.63) is 61.1 Å². The fourth-order valence-electron chi connectivity index (χ4n) is 1.60. The van der Waals surface area contributed by atoms with E-state index in [4.69, 9.17) is 11.0 Å². The molecule has 0 aliphatic rings. The second-order valence-corrected chi connectivity index (χ2v) is 3.89. The topological polar surface area (TPSA) is 105 Å². The smallest absolute Gasteiger partial charge is 0.247 e. The van der Waals surface area contributed by atoms with Crippen LogP contribution in [0.25, 0.3) is 5.65 Å². The number of rotatable bonds is 5. The molecule has 0 saturated carbocycles. The average molecular weight is 279 g/mol. The molecule has 7 heteroatoms. The molecule has 0 amide bonds. The highest BCUT2D eigenvalue weighted by molar-refractivity contribution is 5.62. The molecule has 0 bridgehead atoms. The van der Waals surface area contributed by atoms with Gasteiger partial charge in [-0.3, -0.25) is 0 Å². The van der Waals surface area contributed by atoms with Crippen molar-refractivity contribution in [1.29, 1.82) is 5.26 Å². The minimum absolute atomic E-state index is 0.180. The molecule has 0 spiro atoms. The largest absolute Gasteiger partial charge is 0.380 e. The Morgan fingerprint density at radius 2 is 2.24 bits per heavy atom. The molecule has 0 aliphatic heterocycles. The SMILES string of the molecule is C=C/C=C\C(=C/C=C)Nc1nc(N)c2ncc(C#N)n2n1. The van der Waals surface area contributed by atoms with Gasteiger partial charge in [-0.15, -0.1) is 5.10 Å². The van der Waals surface area contributed by atoms with Gasteiger partial charge in [0, 0.05) is 5.70 Å². The van der Waals surface area contributed by atoms with Gasteiger partial charge in [-0.05, 0) is 12.2 Å². The van der Waals surface area contributed by atoms with Crippen LogP contribution in [-0.2, 0) is 0 Å². The van der Waals surface area contributed by atoms with E-state index in [2.05, 4.69) is 33.5 Å². The lowest BCUT2D eigenvalue weighted by Gasteiger charge is -2.06. The lowest BCUT2D eigenvalue weighted by Crippen LogP contribution is -2.09. The number of aromatic nitrogens is 4. The number of hydrogen-bond acceptors (Lipinski definition) is 6. The Morgan fingerprint density at radius 3 is 2.90 bits per heavy atom. The second-order valence-electron chi connectivity index (χ2n) is 3.89. The molecule has 0 atom stereocenters. The van der Waals surface area contributed by atoms with Crippen molar-refractivity contribution in [2.45, 2.75) is 0 Å². The van der Waals surface area contributed by atoms with Crippen molar-refractivity contribution in [1.82, 2.24) is 19.6 Å². The fraction of sp³-hybridized carbons (Fsp3) is 0. The normalized spacial score (nSPS) is 11.5. The Balaban J connectivity index is 2.44. The highest BCUT2D eigenvalue weighted by atomic mass is 15.3. The molecular weight excluding hydrogens is 266 g/mol. The summed E-state index contributed by atoms with van der Waals surface area (Å²) in [6, 6.07) is 1.99. The average Bonchev–Trinajstić information content (AvgIpc) is 2.88. The molecule has 21 heavy (non-hydrogen) atoms. The summed E-state index contributed by atoms with van der Waals surface area (Å²) < 4.78 is 1.34. The van der Waals surface area contributed by atoms with Crippen LogP contribution in [0.5, 0.6) is 0 Å². The monoisotopic (exact) mass is 279 g/mol. The molecule has 3 N–H and O–H groups in total. The van der Waals surface area contributed by atoms with Gasteiger partial charge < -0.3 is 11.1 Å². The maximum Gasteiger partial charge on any atom is 0.247 e. The first-order chi connectivity index (χ1) is 10.2. The lowest BCUT2D eigenvalue weighted by atomic mass is 10.3. The standard InChI is InChI=1S/C14H13N7/c1-3-5-7-10(6-4-2)18-14-19-12(16)13-17-9-11(8-15)21(13)20-14/h3-7,9H,1-2H2,(H3,16,18,19,20)/b7-5-,10-6+. The first-order valence-electron chi connectivity index (χ1n) is 5.99. The van der Waals surface area contributed by atoms with Gasteiger partial charge >= 0.3 is 0 Å². The van der Waals surface area contributed by atoms with Crippen LogP contribution in [0.4, 0.5) is 11.8 Å². The highest BCUT2D eigenvalue weighted by Crippen LogP contribution is 2.14. The molecule has 0 unspecified atom stereocenters. The van der Waals surface area contributed by atoms with Crippen molar-refractivity contribution < 1.29 is 0 Å². The predicted octanol–water partition coefficient (Wildman–Crippen LogP) is 1.80. The van der Waals surface area contributed by atoms with Gasteiger partial charge in [0.15, 0.2) is 17.2 Å². The van der Waals surface area contributed by atoms with E-state index < -0.39 is 0 Å². The molecule has 0 radical (unpaired) electrons. The number of nitriles is 1. The fourth-order valence-corrected chi connectivity index (χ4v) is 1.60. The third-order valence-electron chi connectivity index (χ3n) is 2.47. The molecule has 2 heterocycles. The van der Waals surface area contributed by atoms with Crippen molar-refractivity contribution in [3.8, 4) is 6.07 Å². The summed E-state index contributed by atoms with van der Waals surface area (Å²) in [6.45, 7) is 7.24. The maximum atomic E-state index is 9.01. The van der Waals surface area contributed by atoms with Crippen LogP contribution in [0.3, 0.4) is 0 Å². The maximum absolute atomic E-state index is 9.01. The van der Waals surface area contributed by atoms with E-state index in [9.17, 15) is 0 Å². The van der Waals surface area contributed by atoms with Gasteiger partial charge in [-0.2, -0.15) is 14.8 Å². The number of nitrogens with one attached hydrogen (secondary N) is 1. The lowest BCUT2D eigenvalue weighted by molar-refractivity contribution is 0.896. The molecule has 104 valence electrons. The molecule has 7 nitrogen and oxygen atoms in total. The van der Waals surface area contributed by atoms with Crippen LogP contribution in [0.2, 0.25) is 0 Å². The number of hydrogen-bond donors (Lipinski definition) is 2. The first kappa shape index (κ1) is 14.0. The summed E-state index contributed by atoms with van der Waals surface area (Å²) in [7, 11) is 0. The Bertz CT molecular complexity index is 789. The van der Waals surface area contributed by atoms with Gasteiger partial charge in [0.25, 0.3) is 0 Å². The summed E-state index contributed by atoms with van der Waals surface area (Å²) in [5.74, 6) is 0.427. The van der Waals surface area contributed by atoms with E-state index in [0.717, 1.165) is 0 Å². The molecule has 0 aliphatic carbocycles. The minimum Gasteiger partial charge on any atom is -0.380 e. The van der Waals surface area contributed by atoms with Crippen LogP contribution in [0.1, 0.15) is 5.69 Å². The zero-order valence-corrected chi connectivity index (χ0v) is 11.2. The van der Waals surface area contributed by atoms with E-state index in [-0.39, 0.29) is 17.5 Å². The van der Waals surface area contributed by atoms with E-state index in [1.165, 1.54) is 10.7 Å². The van der Waals surface area contributed by atoms with E-state index in [1.54, 1.807) is 30.4 Å². The summed E-state index contributed by atoms with van der Waals surface area (Å²) in [6.07, 6.45) is 9.92. The van der Waals surface area contributed by atoms with Gasteiger partial charge in [0.2, 0.25) is 5.95 Å². The Labute approximate surface area is 121 Å². The predicted molar refractivity (Wildman–Crippen MR) is 81.1 cm³/mol. The van der Waals surface area contributed by atoms with Crippen LogP contribution < -0.4 is 11.1 Å². The third-order valence-corrected chi connectivity index (χ3v) is 2.47. The zero-order chi connectivity index (χ0) is 15.2. The summed E-state index contributed by atoms with van der Waals surface area (Å²) in [5.41, 5.74) is 7.13. The molecule has 0 aromatic carbocycles. The Kier molecular flexibility index (Phi) is 4.11. The molecule has 2 aromatic heterocycles. The number of imidazole rings is 1. The number of nitrogens with two attached hydrogens (primary N) is 1. The van der Waals surface area contributed by atoms with Gasteiger partial charge in [-0.1, -0.05) is 31.4 Å². The third kappa shape index (κ3) is 2.96. The van der Waals surface area contributed by atoms with Gasteiger partial charge in [0.1, 0.15) is 6.07 Å². The quantitative estimate of drug-likeness (QED) is 0.808. The summed E-state index contributed by atoms with van der Waals surface area (Å²) in [5, 5.41) is 16.2. The minimum atomic E-state index is 0.180. The number of fused-ring (bicyclic) bond motifs is 1. The molecule has 0 fully saturated rings. The Morgan fingerprint density at radius 1 is 1.43 bits per heavy atom.